The maximum Gasteiger partial charge on any atom is 0.225 e. The van der Waals surface area contributed by atoms with E-state index in [1.54, 1.807) is 42.7 Å². The SMILES string of the molecule is O=C(Cc1c[nH]c2ccc(F)cc12)N[C@@H](Cc1cc(F)cc(F)c1)c1ncncc1-c1ccc(Cl)cc1. The number of nitrogens with one attached hydrogen (secondary N) is 2. The summed E-state index contributed by atoms with van der Waals surface area (Å²) in [5.41, 5.74) is 3.53. The molecule has 5 rings (SSSR count). The van der Waals surface area contributed by atoms with Crippen LogP contribution in [0.3, 0.4) is 0 Å². The zero-order valence-corrected chi connectivity index (χ0v) is 20.1. The van der Waals surface area contributed by atoms with E-state index in [1.165, 1.54) is 30.6 Å². The third-order valence-electron chi connectivity index (χ3n) is 6.01. The Morgan fingerprint density at radius 1 is 0.973 bits per heavy atom. The Morgan fingerprint density at radius 2 is 1.73 bits per heavy atom. The average Bonchev–Trinajstić information content (AvgIpc) is 3.25. The van der Waals surface area contributed by atoms with E-state index < -0.39 is 23.5 Å². The van der Waals surface area contributed by atoms with Gasteiger partial charge in [-0.1, -0.05) is 23.7 Å². The summed E-state index contributed by atoms with van der Waals surface area (Å²) >= 11 is 6.04. The number of H-pyrrole nitrogens is 1. The molecule has 0 bridgehead atoms. The van der Waals surface area contributed by atoms with Crippen molar-refractivity contribution in [3.63, 3.8) is 0 Å². The molecule has 5 aromatic rings. The minimum Gasteiger partial charge on any atom is -0.361 e. The lowest BCUT2D eigenvalue weighted by atomic mass is 9.96. The van der Waals surface area contributed by atoms with Crippen LogP contribution in [0.25, 0.3) is 22.0 Å². The summed E-state index contributed by atoms with van der Waals surface area (Å²) in [4.78, 5) is 24.8. The van der Waals surface area contributed by atoms with Gasteiger partial charge in [0.1, 0.15) is 23.8 Å². The van der Waals surface area contributed by atoms with E-state index >= 15 is 0 Å². The van der Waals surface area contributed by atoms with Gasteiger partial charge in [0.05, 0.1) is 18.2 Å². The second-order valence-electron chi connectivity index (χ2n) is 8.61. The Bertz CT molecular complexity index is 1570. The summed E-state index contributed by atoms with van der Waals surface area (Å²) in [6.07, 6.45) is 4.64. The molecule has 0 saturated heterocycles. The summed E-state index contributed by atoms with van der Waals surface area (Å²) in [7, 11) is 0. The molecule has 5 nitrogen and oxygen atoms in total. The van der Waals surface area contributed by atoms with Crippen LogP contribution in [0.1, 0.15) is 22.9 Å². The number of hydrogen-bond acceptors (Lipinski definition) is 3. The molecule has 0 unspecified atom stereocenters. The van der Waals surface area contributed by atoms with E-state index in [0.717, 1.165) is 11.6 Å². The van der Waals surface area contributed by atoms with Gasteiger partial charge in [0.2, 0.25) is 5.91 Å². The van der Waals surface area contributed by atoms with Crippen LogP contribution in [0, 0.1) is 17.5 Å². The number of halogens is 4. The predicted octanol–water partition coefficient (Wildman–Crippen LogP) is 6.34. The van der Waals surface area contributed by atoms with Gasteiger partial charge in [-0.3, -0.25) is 4.79 Å². The number of rotatable bonds is 7. The van der Waals surface area contributed by atoms with Crippen molar-refractivity contribution in [2.45, 2.75) is 18.9 Å². The van der Waals surface area contributed by atoms with Crippen molar-refractivity contribution in [3.05, 3.63) is 119 Å². The predicted molar refractivity (Wildman–Crippen MR) is 135 cm³/mol. The van der Waals surface area contributed by atoms with Crippen molar-refractivity contribution >= 4 is 28.4 Å². The van der Waals surface area contributed by atoms with E-state index in [4.69, 9.17) is 11.6 Å². The zero-order valence-electron chi connectivity index (χ0n) is 19.3. The van der Waals surface area contributed by atoms with Crippen LogP contribution < -0.4 is 5.32 Å². The number of benzene rings is 3. The molecule has 0 fully saturated rings. The maximum absolute atomic E-state index is 14.0. The van der Waals surface area contributed by atoms with Crippen LogP contribution in [0.4, 0.5) is 13.2 Å². The normalized spacial score (nSPS) is 12.0. The molecule has 0 aliphatic carbocycles. The van der Waals surface area contributed by atoms with E-state index in [9.17, 15) is 18.0 Å². The summed E-state index contributed by atoms with van der Waals surface area (Å²) < 4.78 is 41.7. The number of aromatic nitrogens is 3. The second kappa shape index (κ2) is 10.4. The molecule has 1 amide bonds. The van der Waals surface area contributed by atoms with Gasteiger partial charge in [-0.2, -0.15) is 0 Å². The first-order valence-corrected chi connectivity index (χ1v) is 11.8. The highest BCUT2D eigenvalue weighted by atomic mass is 35.5. The van der Waals surface area contributed by atoms with Gasteiger partial charge in [-0.25, -0.2) is 23.1 Å². The van der Waals surface area contributed by atoms with Crippen molar-refractivity contribution < 1.29 is 18.0 Å². The van der Waals surface area contributed by atoms with E-state index in [2.05, 4.69) is 20.3 Å². The molecule has 3 aromatic carbocycles. The molecule has 9 heteroatoms. The lowest BCUT2D eigenvalue weighted by Crippen LogP contribution is -2.32. The molecule has 0 spiro atoms. The molecular formula is C28H20ClF3N4O. The first kappa shape index (κ1) is 24.5. The Balaban J connectivity index is 1.49. The maximum atomic E-state index is 14.0. The highest BCUT2D eigenvalue weighted by Crippen LogP contribution is 2.30. The van der Waals surface area contributed by atoms with Crippen LogP contribution >= 0.6 is 11.6 Å². The molecule has 0 aliphatic rings. The zero-order chi connectivity index (χ0) is 25.9. The molecule has 2 N–H and O–H groups in total. The summed E-state index contributed by atoms with van der Waals surface area (Å²) in [6, 6.07) is 13.8. The van der Waals surface area contributed by atoms with Gasteiger partial charge < -0.3 is 10.3 Å². The van der Waals surface area contributed by atoms with E-state index in [0.29, 0.717) is 38.3 Å². The third kappa shape index (κ3) is 5.65. The lowest BCUT2D eigenvalue weighted by Gasteiger charge is -2.21. The van der Waals surface area contributed by atoms with E-state index in [1.807, 2.05) is 0 Å². The smallest absolute Gasteiger partial charge is 0.225 e. The molecule has 0 saturated carbocycles. The molecule has 2 heterocycles. The highest BCUT2D eigenvalue weighted by Gasteiger charge is 2.22. The number of carbonyl (C=O) groups is 1. The van der Waals surface area contributed by atoms with Crippen molar-refractivity contribution in [3.8, 4) is 11.1 Å². The molecule has 0 aliphatic heterocycles. The average molecular weight is 521 g/mol. The van der Waals surface area contributed by atoms with Gasteiger partial charge in [-0.15, -0.1) is 0 Å². The van der Waals surface area contributed by atoms with Gasteiger partial charge in [-0.05, 0) is 65.6 Å². The Hall–Kier alpha value is -4.17. The van der Waals surface area contributed by atoms with Crippen LogP contribution in [0.5, 0.6) is 0 Å². The summed E-state index contributed by atoms with van der Waals surface area (Å²) in [5.74, 6) is -2.22. The minimum absolute atomic E-state index is 0.0428. The Kier molecular flexibility index (Phi) is 6.92. The molecular weight excluding hydrogens is 501 g/mol. The number of hydrogen-bond donors (Lipinski definition) is 2. The van der Waals surface area contributed by atoms with Crippen molar-refractivity contribution in [1.82, 2.24) is 20.3 Å². The van der Waals surface area contributed by atoms with Gasteiger partial charge in [0.15, 0.2) is 0 Å². The molecule has 2 aromatic heterocycles. The van der Waals surface area contributed by atoms with Gasteiger partial charge in [0, 0.05) is 39.9 Å². The van der Waals surface area contributed by atoms with Gasteiger partial charge in [0.25, 0.3) is 0 Å². The third-order valence-corrected chi connectivity index (χ3v) is 6.26. The van der Waals surface area contributed by atoms with Gasteiger partial charge >= 0.3 is 0 Å². The summed E-state index contributed by atoms with van der Waals surface area (Å²) in [6.45, 7) is 0. The number of amides is 1. The molecule has 1 atom stereocenters. The van der Waals surface area contributed by atoms with Crippen molar-refractivity contribution in [2.75, 3.05) is 0 Å². The monoisotopic (exact) mass is 520 g/mol. The number of nitrogens with zero attached hydrogens (tertiary/aromatic N) is 2. The van der Waals surface area contributed by atoms with E-state index in [-0.39, 0.29) is 18.7 Å². The highest BCUT2D eigenvalue weighted by molar-refractivity contribution is 6.30. The molecule has 0 radical (unpaired) electrons. The van der Waals surface area contributed by atoms with Crippen LogP contribution in [0.15, 0.2) is 79.4 Å². The minimum atomic E-state index is -0.746. The fourth-order valence-electron chi connectivity index (χ4n) is 4.36. The van der Waals surface area contributed by atoms with Crippen molar-refractivity contribution in [2.24, 2.45) is 0 Å². The van der Waals surface area contributed by atoms with Crippen LogP contribution in [-0.2, 0) is 17.6 Å². The van der Waals surface area contributed by atoms with Crippen LogP contribution in [-0.4, -0.2) is 20.9 Å². The lowest BCUT2D eigenvalue weighted by molar-refractivity contribution is -0.121. The standard InChI is InChI=1S/C28H20ClF3N4O/c29-19-3-1-17(2-4-19)24-14-33-15-35-28(24)26(9-16-7-21(31)11-22(32)8-16)36-27(37)10-18-13-34-25-6-5-20(30)12-23(18)25/h1-8,11-15,26,34H,9-10H2,(H,36,37)/t26-/m0/s1. The quantitative estimate of drug-likeness (QED) is 0.263. The second-order valence-corrected chi connectivity index (χ2v) is 9.05. The summed E-state index contributed by atoms with van der Waals surface area (Å²) in [5, 5.41) is 4.11. The fraction of sp³-hybridized carbons (Fsp3) is 0.107. The number of fused-ring (bicyclic) bond motifs is 1. The number of carbonyl (C=O) groups excluding carboxylic acids is 1. The Labute approximate surface area is 215 Å². The van der Waals surface area contributed by atoms with Crippen LogP contribution in [0.2, 0.25) is 5.02 Å². The topological polar surface area (TPSA) is 70.7 Å². The first-order valence-electron chi connectivity index (χ1n) is 11.4. The first-order chi connectivity index (χ1) is 17.9. The fourth-order valence-corrected chi connectivity index (χ4v) is 4.49. The largest absolute Gasteiger partial charge is 0.361 e. The Morgan fingerprint density at radius 3 is 2.49 bits per heavy atom. The molecule has 37 heavy (non-hydrogen) atoms. The molecule has 186 valence electrons. The van der Waals surface area contributed by atoms with Crippen molar-refractivity contribution in [1.29, 1.82) is 0 Å². The number of aromatic amines is 1.